The van der Waals surface area contributed by atoms with E-state index in [1.807, 2.05) is 38.4 Å². The molecule has 0 aliphatic rings. The van der Waals surface area contributed by atoms with Gasteiger partial charge in [-0.2, -0.15) is 0 Å². The van der Waals surface area contributed by atoms with Gasteiger partial charge in [-0.05, 0) is 49.4 Å². The second-order valence-electron chi connectivity index (χ2n) is 8.64. The van der Waals surface area contributed by atoms with Crippen molar-refractivity contribution in [2.45, 2.75) is 46.6 Å². The standard InChI is InChI=1S/C28H30N4/c1-18(2)25-8-6-7-9-26(25)28-30-16-19(3)27(32-28)31-21(5)22-12-14-23(15-13-22)24-11-10-20(4)29-17-24/h6-18,21H,1-5H3,(H,30,31,32). The maximum Gasteiger partial charge on any atom is 0.161 e. The molecule has 32 heavy (non-hydrogen) atoms. The smallest absolute Gasteiger partial charge is 0.161 e. The number of aryl methyl sites for hydroxylation is 2. The largest absolute Gasteiger partial charge is 0.363 e. The number of pyridine rings is 1. The predicted molar refractivity (Wildman–Crippen MR) is 133 cm³/mol. The minimum absolute atomic E-state index is 0.113. The Bertz CT molecular complexity index is 1200. The molecule has 2 heterocycles. The number of nitrogens with one attached hydrogen (secondary N) is 1. The van der Waals surface area contributed by atoms with E-state index >= 15 is 0 Å². The van der Waals surface area contributed by atoms with Crippen molar-refractivity contribution in [1.29, 1.82) is 0 Å². The summed E-state index contributed by atoms with van der Waals surface area (Å²) in [7, 11) is 0. The lowest BCUT2D eigenvalue weighted by Gasteiger charge is -2.18. The van der Waals surface area contributed by atoms with Crippen molar-refractivity contribution in [2.75, 3.05) is 5.32 Å². The van der Waals surface area contributed by atoms with Crippen molar-refractivity contribution in [2.24, 2.45) is 0 Å². The SMILES string of the molecule is Cc1ccc(-c2ccc(C(C)Nc3nc(-c4ccccc4C(C)C)ncc3C)cc2)cn1. The highest BCUT2D eigenvalue weighted by atomic mass is 15.0. The van der Waals surface area contributed by atoms with E-state index in [1.165, 1.54) is 16.7 Å². The molecule has 0 saturated heterocycles. The Morgan fingerprint density at radius 1 is 0.750 bits per heavy atom. The Morgan fingerprint density at radius 2 is 1.47 bits per heavy atom. The normalized spacial score (nSPS) is 12.1. The molecule has 1 N–H and O–H groups in total. The summed E-state index contributed by atoms with van der Waals surface area (Å²) in [6, 6.07) is 21.3. The van der Waals surface area contributed by atoms with Crippen LogP contribution in [0.3, 0.4) is 0 Å². The third-order valence-electron chi connectivity index (χ3n) is 5.80. The first kappa shape index (κ1) is 21.7. The van der Waals surface area contributed by atoms with Crippen LogP contribution in [-0.2, 0) is 0 Å². The van der Waals surface area contributed by atoms with Crippen molar-refractivity contribution >= 4 is 5.82 Å². The van der Waals surface area contributed by atoms with E-state index in [9.17, 15) is 0 Å². The van der Waals surface area contributed by atoms with Gasteiger partial charge in [0.2, 0.25) is 0 Å². The van der Waals surface area contributed by atoms with E-state index in [2.05, 4.69) is 84.6 Å². The van der Waals surface area contributed by atoms with Gasteiger partial charge in [-0.3, -0.25) is 4.98 Å². The summed E-state index contributed by atoms with van der Waals surface area (Å²) < 4.78 is 0. The zero-order valence-corrected chi connectivity index (χ0v) is 19.4. The molecule has 0 spiro atoms. The van der Waals surface area contributed by atoms with Crippen LogP contribution < -0.4 is 5.32 Å². The molecule has 0 saturated carbocycles. The maximum absolute atomic E-state index is 4.89. The summed E-state index contributed by atoms with van der Waals surface area (Å²) in [6.07, 6.45) is 3.83. The van der Waals surface area contributed by atoms with Crippen LogP contribution in [0, 0.1) is 13.8 Å². The molecule has 0 amide bonds. The molecule has 4 rings (SSSR count). The molecule has 4 heteroatoms. The molecule has 0 radical (unpaired) electrons. The van der Waals surface area contributed by atoms with E-state index < -0.39 is 0 Å². The van der Waals surface area contributed by atoms with Gasteiger partial charge >= 0.3 is 0 Å². The van der Waals surface area contributed by atoms with Crippen LogP contribution in [-0.4, -0.2) is 15.0 Å². The van der Waals surface area contributed by atoms with Crippen molar-refractivity contribution in [3.8, 4) is 22.5 Å². The number of rotatable bonds is 6. The Kier molecular flexibility index (Phi) is 6.31. The van der Waals surface area contributed by atoms with E-state index in [1.54, 1.807) is 0 Å². The van der Waals surface area contributed by atoms with Gasteiger partial charge in [0.25, 0.3) is 0 Å². The molecule has 0 aliphatic carbocycles. The highest BCUT2D eigenvalue weighted by Crippen LogP contribution is 2.29. The van der Waals surface area contributed by atoms with Gasteiger partial charge in [-0.15, -0.1) is 0 Å². The van der Waals surface area contributed by atoms with Crippen molar-refractivity contribution in [1.82, 2.24) is 15.0 Å². The maximum atomic E-state index is 4.89. The average Bonchev–Trinajstić information content (AvgIpc) is 2.81. The van der Waals surface area contributed by atoms with E-state index in [-0.39, 0.29) is 6.04 Å². The van der Waals surface area contributed by atoms with Crippen LogP contribution in [0.15, 0.2) is 73.1 Å². The average molecular weight is 423 g/mol. The number of hydrogen-bond acceptors (Lipinski definition) is 4. The van der Waals surface area contributed by atoms with Gasteiger partial charge in [0.05, 0.1) is 0 Å². The molecule has 2 aromatic carbocycles. The van der Waals surface area contributed by atoms with Crippen LogP contribution >= 0.6 is 0 Å². The molecule has 4 aromatic rings. The number of aromatic nitrogens is 3. The Morgan fingerprint density at radius 3 is 2.16 bits per heavy atom. The first-order valence-electron chi connectivity index (χ1n) is 11.1. The van der Waals surface area contributed by atoms with Crippen LogP contribution in [0.5, 0.6) is 0 Å². The van der Waals surface area contributed by atoms with Gasteiger partial charge in [-0.1, -0.05) is 68.4 Å². The zero-order valence-electron chi connectivity index (χ0n) is 19.4. The first-order chi connectivity index (χ1) is 15.4. The number of nitrogens with zero attached hydrogens (tertiary/aromatic N) is 3. The lowest BCUT2D eigenvalue weighted by atomic mass is 9.97. The predicted octanol–water partition coefficient (Wildman–Crippen LogP) is 7.12. The van der Waals surface area contributed by atoms with E-state index in [0.29, 0.717) is 5.92 Å². The monoisotopic (exact) mass is 422 g/mol. The second-order valence-corrected chi connectivity index (χ2v) is 8.64. The number of benzene rings is 2. The summed E-state index contributed by atoms with van der Waals surface area (Å²) in [5.74, 6) is 2.04. The summed E-state index contributed by atoms with van der Waals surface area (Å²) in [6.45, 7) is 10.6. The zero-order chi connectivity index (χ0) is 22.7. The molecule has 0 fully saturated rings. The summed E-state index contributed by atoms with van der Waals surface area (Å²) >= 11 is 0. The van der Waals surface area contributed by atoms with Crippen LogP contribution in [0.1, 0.15) is 55.1 Å². The molecule has 2 aromatic heterocycles. The van der Waals surface area contributed by atoms with Crippen molar-refractivity contribution in [3.05, 3.63) is 95.4 Å². The third-order valence-corrected chi connectivity index (χ3v) is 5.80. The number of anilines is 1. The Hall–Kier alpha value is -3.53. The topological polar surface area (TPSA) is 50.7 Å². The summed E-state index contributed by atoms with van der Waals surface area (Å²) in [4.78, 5) is 13.9. The van der Waals surface area contributed by atoms with Gasteiger partial charge in [-0.25, -0.2) is 9.97 Å². The highest BCUT2D eigenvalue weighted by Gasteiger charge is 2.14. The van der Waals surface area contributed by atoms with Gasteiger partial charge in [0, 0.05) is 40.8 Å². The minimum atomic E-state index is 0.113. The van der Waals surface area contributed by atoms with Gasteiger partial charge in [0.15, 0.2) is 5.82 Å². The Labute approximate surface area is 190 Å². The molecular weight excluding hydrogens is 392 g/mol. The van der Waals surface area contributed by atoms with Crippen molar-refractivity contribution < 1.29 is 0 Å². The van der Waals surface area contributed by atoms with Crippen LogP contribution in [0.4, 0.5) is 5.82 Å². The van der Waals surface area contributed by atoms with Crippen LogP contribution in [0.25, 0.3) is 22.5 Å². The van der Waals surface area contributed by atoms with Crippen LogP contribution in [0.2, 0.25) is 0 Å². The molecular formula is C28H30N4. The Balaban J connectivity index is 1.56. The fraction of sp³-hybridized carbons (Fsp3) is 0.250. The minimum Gasteiger partial charge on any atom is -0.363 e. The van der Waals surface area contributed by atoms with Gasteiger partial charge < -0.3 is 5.32 Å². The number of hydrogen-bond donors (Lipinski definition) is 1. The second kappa shape index (κ2) is 9.31. The van der Waals surface area contributed by atoms with E-state index in [0.717, 1.165) is 34.0 Å². The highest BCUT2D eigenvalue weighted by molar-refractivity contribution is 5.64. The van der Waals surface area contributed by atoms with Gasteiger partial charge in [0.1, 0.15) is 5.82 Å². The summed E-state index contributed by atoms with van der Waals surface area (Å²) in [5, 5.41) is 3.59. The first-order valence-corrected chi connectivity index (χ1v) is 11.1. The molecule has 162 valence electrons. The van der Waals surface area contributed by atoms with Crippen molar-refractivity contribution in [3.63, 3.8) is 0 Å². The summed E-state index contributed by atoms with van der Waals surface area (Å²) in [5.41, 5.74) is 7.91. The molecule has 1 unspecified atom stereocenters. The fourth-order valence-corrected chi connectivity index (χ4v) is 3.81. The fourth-order valence-electron chi connectivity index (χ4n) is 3.81. The molecule has 0 bridgehead atoms. The molecule has 4 nitrogen and oxygen atoms in total. The lowest BCUT2D eigenvalue weighted by Crippen LogP contribution is -2.10. The third kappa shape index (κ3) is 4.70. The lowest BCUT2D eigenvalue weighted by molar-refractivity contribution is 0.860. The van der Waals surface area contributed by atoms with E-state index in [4.69, 9.17) is 4.98 Å². The molecule has 1 atom stereocenters. The quantitative estimate of drug-likeness (QED) is 0.359. The molecule has 0 aliphatic heterocycles.